The Labute approximate surface area is 161 Å². The van der Waals surface area contributed by atoms with Crippen LogP contribution in [0.4, 0.5) is 4.39 Å². The van der Waals surface area contributed by atoms with E-state index >= 15 is 0 Å². The topological polar surface area (TPSA) is 80.8 Å². The molecule has 0 saturated carbocycles. The molecule has 0 radical (unpaired) electrons. The van der Waals surface area contributed by atoms with E-state index in [1.165, 1.54) is 28.6 Å². The number of fused-ring (bicyclic) bond motifs is 1. The highest BCUT2D eigenvalue weighted by molar-refractivity contribution is 7.99. The van der Waals surface area contributed by atoms with Crippen LogP contribution in [-0.2, 0) is 16.7 Å². The molecule has 0 amide bonds. The van der Waals surface area contributed by atoms with E-state index in [1.807, 2.05) is 26.8 Å². The summed E-state index contributed by atoms with van der Waals surface area (Å²) in [6.45, 7) is 6.60. The Bertz CT molecular complexity index is 975. The number of hydrogen-bond acceptors (Lipinski definition) is 6. The van der Waals surface area contributed by atoms with Crippen LogP contribution in [0.3, 0.4) is 0 Å². The lowest BCUT2D eigenvalue weighted by Crippen LogP contribution is -2.34. The van der Waals surface area contributed by atoms with E-state index in [0.29, 0.717) is 29.6 Å². The quantitative estimate of drug-likeness (QED) is 0.752. The predicted octanol–water partition coefficient (Wildman–Crippen LogP) is 2.98. The molecule has 3 heterocycles. The highest BCUT2D eigenvalue weighted by atomic mass is 32.2. The van der Waals surface area contributed by atoms with Gasteiger partial charge in [0.25, 0.3) is 5.56 Å². The third kappa shape index (κ3) is 3.75. The third-order valence-corrected chi connectivity index (χ3v) is 5.57. The standard InChI is InChI=1S/C19H21FN4O2S/c1-19(2,3)16-14(20)5-12(7-22-16)15-13(6-21)17(25)24-8-11(9-26-4)10-27-18(24)23-15/h5,7,11H,8-10H2,1-4H3. The van der Waals surface area contributed by atoms with Crippen LogP contribution in [0.15, 0.2) is 22.2 Å². The third-order valence-electron chi connectivity index (χ3n) is 4.36. The van der Waals surface area contributed by atoms with Crippen molar-refractivity contribution in [3.05, 3.63) is 39.7 Å². The molecule has 1 unspecified atom stereocenters. The average molecular weight is 388 g/mol. The van der Waals surface area contributed by atoms with Gasteiger partial charge in [0.2, 0.25) is 0 Å². The van der Waals surface area contributed by atoms with Crippen molar-refractivity contribution in [1.29, 1.82) is 5.26 Å². The molecule has 0 saturated heterocycles. The fourth-order valence-electron chi connectivity index (χ4n) is 3.07. The Kier molecular flexibility index (Phi) is 5.36. The van der Waals surface area contributed by atoms with E-state index in [4.69, 9.17) is 4.74 Å². The van der Waals surface area contributed by atoms with Gasteiger partial charge in [-0.15, -0.1) is 0 Å². The maximum absolute atomic E-state index is 14.6. The zero-order valence-electron chi connectivity index (χ0n) is 15.7. The second-order valence-corrected chi connectivity index (χ2v) is 8.57. The van der Waals surface area contributed by atoms with Crippen molar-refractivity contribution in [1.82, 2.24) is 14.5 Å². The molecule has 1 aliphatic rings. The Morgan fingerprint density at radius 1 is 1.48 bits per heavy atom. The Hall–Kier alpha value is -2.24. The number of nitrogens with zero attached hydrogens (tertiary/aromatic N) is 4. The van der Waals surface area contributed by atoms with Crippen molar-refractivity contribution < 1.29 is 9.13 Å². The van der Waals surface area contributed by atoms with Crippen molar-refractivity contribution in [2.45, 2.75) is 37.9 Å². The van der Waals surface area contributed by atoms with Crippen molar-refractivity contribution >= 4 is 11.8 Å². The van der Waals surface area contributed by atoms with Crippen LogP contribution in [0.5, 0.6) is 0 Å². The minimum atomic E-state index is -0.476. The minimum Gasteiger partial charge on any atom is -0.384 e. The Morgan fingerprint density at radius 3 is 2.81 bits per heavy atom. The molecule has 0 N–H and O–H groups in total. The van der Waals surface area contributed by atoms with Crippen molar-refractivity contribution in [2.75, 3.05) is 19.5 Å². The van der Waals surface area contributed by atoms with Crippen molar-refractivity contribution in [3.63, 3.8) is 0 Å². The zero-order chi connectivity index (χ0) is 19.8. The summed E-state index contributed by atoms with van der Waals surface area (Å²) in [6.07, 6.45) is 1.48. The summed E-state index contributed by atoms with van der Waals surface area (Å²) in [5.41, 5.74) is -0.115. The molecule has 6 nitrogen and oxygen atoms in total. The van der Waals surface area contributed by atoms with Crippen LogP contribution in [-0.4, -0.2) is 34.0 Å². The van der Waals surface area contributed by atoms with Crippen LogP contribution in [0, 0.1) is 23.1 Å². The van der Waals surface area contributed by atoms with Crippen molar-refractivity contribution in [2.24, 2.45) is 5.92 Å². The summed E-state index contributed by atoms with van der Waals surface area (Å²) >= 11 is 1.44. The van der Waals surface area contributed by atoms with Crippen LogP contribution in [0.2, 0.25) is 0 Å². The number of halogens is 1. The van der Waals surface area contributed by atoms with Gasteiger partial charge >= 0.3 is 0 Å². The molecule has 0 aliphatic carbocycles. The smallest absolute Gasteiger partial charge is 0.272 e. The molecular formula is C19H21FN4O2S. The minimum absolute atomic E-state index is 0.0953. The SMILES string of the molecule is COCC1CSc2nc(-c3cnc(C(C)(C)C)c(F)c3)c(C#N)c(=O)n2C1. The molecule has 1 aliphatic heterocycles. The molecule has 2 aromatic rings. The van der Waals surface area contributed by atoms with Gasteiger partial charge in [-0.05, 0) is 6.07 Å². The number of ether oxygens (including phenoxy) is 1. The fraction of sp³-hybridized carbons (Fsp3) is 0.474. The molecule has 2 aromatic heterocycles. The number of methoxy groups -OCH3 is 1. The number of nitriles is 1. The largest absolute Gasteiger partial charge is 0.384 e. The van der Waals surface area contributed by atoms with E-state index in [-0.39, 0.29) is 17.2 Å². The first-order valence-corrected chi connectivity index (χ1v) is 9.58. The van der Waals surface area contributed by atoms with E-state index in [9.17, 15) is 14.4 Å². The van der Waals surface area contributed by atoms with Gasteiger partial charge in [0.05, 0.1) is 18.0 Å². The van der Waals surface area contributed by atoms with E-state index in [0.717, 1.165) is 5.75 Å². The molecule has 3 rings (SSSR count). The molecular weight excluding hydrogens is 367 g/mol. The van der Waals surface area contributed by atoms with Gasteiger partial charge in [-0.25, -0.2) is 9.37 Å². The van der Waals surface area contributed by atoms with Crippen LogP contribution in [0.1, 0.15) is 32.0 Å². The highest BCUT2D eigenvalue weighted by Crippen LogP contribution is 2.30. The zero-order valence-corrected chi connectivity index (χ0v) is 16.6. The van der Waals surface area contributed by atoms with Gasteiger partial charge in [-0.2, -0.15) is 5.26 Å². The number of rotatable bonds is 3. The molecule has 1 atom stereocenters. The van der Waals surface area contributed by atoms with E-state index in [2.05, 4.69) is 9.97 Å². The first kappa shape index (κ1) is 19.5. The van der Waals surface area contributed by atoms with Gasteiger partial charge in [-0.3, -0.25) is 14.3 Å². The van der Waals surface area contributed by atoms with Gasteiger partial charge in [0, 0.05) is 42.5 Å². The number of pyridine rings is 1. The summed E-state index contributed by atoms with van der Waals surface area (Å²) in [5, 5.41) is 10.1. The first-order chi connectivity index (χ1) is 12.8. The lowest BCUT2D eigenvalue weighted by Gasteiger charge is -2.25. The molecule has 0 fully saturated rings. The summed E-state index contributed by atoms with van der Waals surface area (Å²) < 4.78 is 21.2. The maximum atomic E-state index is 14.6. The summed E-state index contributed by atoms with van der Waals surface area (Å²) in [6, 6.07) is 3.24. The number of aromatic nitrogens is 3. The molecule has 0 bridgehead atoms. The maximum Gasteiger partial charge on any atom is 0.272 e. The van der Waals surface area contributed by atoms with Gasteiger partial charge < -0.3 is 4.74 Å². The van der Waals surface area contributed by atoms with Crippen molar-refractivity contribution in [3.8, 4) is 17.3 Å². The van der Waals surface area contributed by atoms with E-state index in [1.54, 1.807) is 7.11 Å². The first-order valence-electron chi connectivity index (χ1n) is 8.59. The molecule has 0 spiro atoms. The molecule has 142 valence electrons. The summed E-state index contributed by atoms with van der Waals surface area (Å²) in [4.78, 5) is 21.6. The molecule has 8 heteroatoms. The Balaban J connectivity index is 2.11. The lowest BCUT2D eigenvalue weighted by atomic mass is 9.90. The van der Waals surface area contributed by atoms with E-state index < -0.39 is 16.8 Å². The molecule has 27 heavy (non-hydrogen) atoms. The normalized spacial score (nSPS) is 16.7. The van der Waals surface area contributed by atoms with Crippen LogP contribution < -0.4 is 5.56 Å². The summed E-state index contributed by atoms with van der Waals surface area (Å²) in [5.74, 6) is 0.465. The number of hydrogen-bond donors (Lipinski definition) is 0. The predicted molar refractivity (Wildman–Crippen MR) is 101 cm³/mol. The Morgan fingerprint density at radius 2 is 2.22 bits per heavy atom. The van der Waals surface area contributed by atoms with Gasteiger partial charge in [0.15, 0.2) is 5.16 Å². The summed E-state index contributed by atoms with van der Waals surface area (Å²) in [7, 11) is 1.62. The highest BCUT2D eigenvalue weighted by Gasteiger charge is 2.26. The second-order valence-electron chi connectivity index (χ2n) is 7.58. The second kappa shape index (κ2) is 7.41. The fourth-order valence-corrected chi connectivity index (χ4v) is 4.13. The van der Waals surface area contributed by atoms with Gasteiger partial charge in [0.1, 0.15) is 17.4 Å². The average Bonchev–Trinajstić information content (AvgIpc) is 2.61. The van der Waals surface area contributed by atoms with Gasteiger partial charge in [-0.1, -0.05) is 32.5 Å². The van der Waals surface area contributed by atoms with Crippen LogP contribution in [0.25, 0.3) is 11.3 Å². The number of thioether (sulfide) groups is 1. The van der Waals surface area contributed by atoms with Crippen LogP contribution >= 0.6 is 11.8 Å². The molecule has 0 aromatic carbocycles. The monoisotopic (exact) mass is 388 g/mol. The lowest BCUT2D eigenvalue weighted by molar-refractivity contribution is 0.149.